The Labute approximate surface area is 268 Å². The van der Waals surface area contributed by atoms with Gasteiger partial charge in [0.15, 0.2) is 19.7 Å². The molecule has 8 nitrogen and oxygen atoms in total. The predicted molar refractivity (Wildman–Crippen MR) is 183 cm³/mol. The lowest BCUT2D eigenvalue weighted by Gasteiger charge is -2.45. The fourth-order valence-electron chi connectivity index (χ4n) is 6.85. The van der Waals surface area contributed by atoms with E-state index in [9.17, 15) is 16.8 Å². The van der Waals surface area contributed by atoms with Crippen LogP contribution in [0, 0.1) is 5.41 Å². The minimum atomic E-state index is -2.90. The third-order valence-electron chi connectivity index (χ3n) is 11.0. The van der Waals surface area contributed by atoms with Crippen molar-refractivity contribution in [3.05, 3.63) is 47.5 Å². The highest BCUT2D eigenvalue weighted by atomic mass is 32.2. The van der Waals surface area contributed by atoms with Gasteiger partial charge in [-0.3, -0.25) is 4.90 Å². The molecule has 1 aliphatic carbocycles. The van der Waals surface area contributed by atoms with Crippen LogP contribution in [0.5, 0.6) is 0 Å². The molecule has 2 aliphatic heterocycles. The van der Waals surface area contributed by atoms with Crippen molar-refractivity contribution in [1.82, 2.24) is 20.0 Å². The SMILES string of the molecule is CCC(C)(C)/C(C)=C/CNC1CCC(CN(CCN2CCS(=O)(=O)CC2)CCN2CCS(=O)(=O)CC2)(c2ccccc2)CC1. The molecule has 1 N–H and O–H groups in total. The van der Waals surface area contributed by atoms with Gasteiger partial charge in [0.25, 0.3) is 0 Å². The maximum absolute atomic E-state index is 12.0. The molecule has 1 aromatic carbocycles. The molecule has 4 rings (SSSR count). The van der Waals surface area contributed by atoms with Crippen LogP contribution >= 0.6 is 0 Å². The average Bonchev–Trinajstić information content (AvgIpc) is 3.01. The molecule has 1 aromatic rings. The fourth-order valence-corrected chi connectivity index (χ4v) is 9.40. The van der Waals surface area contributed by atoms with E-state index in [1.165, 1.54) is 11.1 Å². The molecule has 3 fully saturated rings. The van der Waals surface area contributed by atoms with Crippen molar-refractivity contribution < 1.29 is 16.8 Å². The Balaban J connectivity index is 1.43. The van der Waals surface area contributed by atoms with Gasteiger partial charge < -0.3 is 15.1 Å². The van der Waals surface area contributed by atoms with E-state index >= 15 is 0 Å². The molecule has 44 heavy (non-hydrogen) atoms. The summed E-state index contributed by atoms with van der Waals surface area (Å²) in [5.74, 6) is 1.01. The molecule has 10 heteroatoms. The van der Waals surface area contributed by atoms with Gasteiger partial charge >= 0.3 is 0 Å². The number of benzene rings is 1. The Bertz CT molecular complexity index is 1210. The second-order valence-corrected chi connectivity index (χ2v) is 18.8. The van der Waals surface area contributed by atoms with Gasteiger partial charge in [0.05, 0.1) is 23.0 Å². The van der Waals surface area contributed by atoms with Gasteiger partial charge in [-0.25, -0.2) is 16.8 Å². The zero-order chi connectivity index (χ0) is 31.8. The summed E-state index contributed by atoms with van der Waals surface area (Å²) >= 11 is 0. The highest BCUT2D eigenvalue weighted by Gasteiger charge is 2.38. The number of hydrogen-bond donors (Lipinski definition) is 1. The van der Waals surface area contributed by atoms with E-state index in [0.717, 1.165) is 71.4 Å². The minimum absolute atomic E-state index is 0.0614. The second-order valence-electron chi connectivity index (χ2n) is 14.2. The van der Waals surface area contributed by atoms with Crippen LogP contribution in [0.1, 0.15) is 65.4 Å². The highest BCUT2D eigenvalue weighted by Crippen LogP contribution is 2.40. The molecule has 0 spiro atoms. The van der Waals surface area contributed by atoms with Gasteiger partial charge in [-0.05, 0) is 50.0 Å². The van der Waals surface area contributed by atoms with Crippen molar-refractivity contribution in [3.63, 3.8) is 0 Å². The van der Waals surface area contributed by atoms with E-state index in [2.05, 4.69) is 84.1 Å². The molecular weight excluding hydrogens is 593 g/mol. The zero-order valence-electron chi connectivity index (χ0n) is 27.8. The highest BCUT2D eigenvalue weighted by molar-refractivity contribution is 7.91. The Morgan fingerprint density at radius 3 is 1.89 bits per heavy atom. The summed E-state index contributed by atoms with van der Waals surface area (Å²) in [4.78, 5) is 7.19. The average molecular weight is 651 g/mol. The molecule has 0 atom stereocenters. The normalized spacial score (nSPS) is 27.0. The van der Waals surface area contributed by atoms with Crippen molar-refractivity contribution in [2.45, 2.75) is 71.3 Å². The summed E-state index contributed by atoms with van der Waals surface area (Å²) in [6.45, 7) is 17.0. The van der Waals surface area contributed by atoms with Crippen LogP contribution < -0.4 is 5.32 Å². The van der Waals surface area contributed by atoms with Crippen LogP contribution in [0.25, 0.3) is 0 Å². The number of hydrogen-bond acceptors (Lipinski definition) is 8. The van der Waals surface area contributed by atoms with E-state index in [-0.39, 0.29) is 33.8 Å². The first kappa shape index (κ1) is 35.6. The third-order valence-corrected chi connectivity index (χ3v) is 14.2. The van der Waals surface area contributed by atoms with Crippen LogP contribution in [-0.4, -0.2) is 126 Å². The first-order valence-corrected chi connectivity index (χ1v) is 20.5. The van der Waals surface area contributed by atoms with Crippen molar-refractivity contribution in [2.75, 3.05) is 88.5 Å². The predicted octanol–water partition coefficient (Wildman–Crippen LogP) is 3.60. The summed E-state index contributed by atoms with van der Waals surface area (Å²) in [6.07, 6.45) is 8.04. The van der Waals surface area contributed by atoms with E-state index in [1.54, 1.807) is 0 Å². The topological polar surface area (TPSA) is 90.0 Å². The second kappa shape index (κ2) is 15.5. The van der Waals surface area contributed by atoms with Crippen LogP contribution in [-0.2, 0) is 25.1 Å². The summed E-state index contributed by atoms with van der Waals surface area (Å²) in [6, 6.07) is 11.5. The standard InChI is InChI=1S/C34H58N4O4S2/c1-5-33(3,4)30(2)13-16-35-32-11-14-34(15-12-32,31-9-7-6-8-10-31)29-38(19-17-36-21-25-43(39,40)26-22-36)20-18-37-23-27-44(41,42)28-24-37/h6-10,13,32,35H,5,11-12,14-29H2,1-4H3/b30-13+. The quantitative estimate of drug-likeness (QED) is 0.306. The Kier molecular flexibility index (Phi) is 12.5. The number of rotatable bonds is 14. The van der Waals surface area contributed by atoms with Crippen molar-refractivity contribution >= 4 is 19.7 Å². The summed E-state index contributed by atoms with van der Waals surface area (Å²) in [7, 11) is -5.81. The fraction of sp³-hybridized carbons (Fsp3) is 0.765. The van der Waals surface area contributed by atoms with E-state index in [1.807, 2.05) is 0 Å². The number of nitrogens with one attached hydrogen (secondary N) is 1. The molecule has 1 saturated carbocycles. The molecule has 2 saturated heterocycles. The van der Waals surface area contributed by atoms with Crippen LogP contribution in [0.4, 0.5) is 0 Å². The van der Waals surface area contributed by atoms with Gasteiger partial charge in [0.2, 0.25) is 0 Å². The van der Waals surface area contributed by atoms with Crippen LogP contribution in [0.3, 0.4) is 0 Å². The number of sulfone groups is 2. The Morgan fingerprint density at radius 2 is 1.41 bits per heavy atom. The van der Waals surface area contributed by atoms with E-state index in [0.29, 0.717) is 32.2 Å². The monoisotopic (exact) mass is 650 g/mol. The number of nitrogens with zero attached hydrogens (tertiary/aromatic N) is 3. The Hall–Kier alpha value is -1.30. The van der Waals surface area contributed by atoms with Gasteiger partial charge in [0.1, 0.15) is 0 Å². The largest absolute Gasteiger partial charge is 0.311 e. The first-order valence-electron chi connectivity index (χ1n) is 16.9. The van der Waals surface area contributed by atoms with E-state index in [4.69, 9.17) is 0 Å². The van der Waals surface area contributed by atoms with Gasteiger partial charge in [-0.2, -0.15) is 0 Å². The van der Waals surface area contributed by atoms with Crippen molar-refractivity contribution in [3.8, 4) is 0 Å². The maximum Gasteiger partial charge on any atom is 0.152 e. The van der Waals surface area contributed by atoms with Crippen molar-refractivity contribution in [1.29, 1.82) is 0 Å². The van der Waals surface area contributed by atoms with Gasteiger partial charge in [-0.1, -0.05) is 62.8 Å². The maximum atomic E-state index is 12.0. The molecule has 3 aliphatic rings. The third kappa shape index (κ3) is 10.4. The molecule has 0 radical (unpaired) electrons. The van der Waals surface area contributed by atoms with Crippen LogP contribution in [0.15, 0.2) is 42.0 Å². The lowest BCUT2D eigenvalue weighted by atomic mass is 9.67. The smallest absolute Gasteiger partial charge is 0.152 e. The molecule has 0 aromatic heterocycles. The molecule has 2 heterocycles. The number of allylic oxidation sites excluding steroid dienone is 1. The zero-order valence-corrected chi connectivity index (χ0v) is 29.4. The van der Waals surface area contributed by atoms with Crippen molar-refractivity contribution in [2.24, 2.45) is 5.41 Å². The van der Waals surface area contributed by atoms with Crippen LogP contribution in [0.2, 0.25) is 0 Å². The molecule has 0 unspecified atom stereocenters. The minimum Gasteiger partial charge on any atom is -0.311 e. The van der Waals surface area contributed by atoms with Gasteiger partial charge in [-0.15, -0.1) is 0 Å². The lowest BCUT2D eigenvalue weighted by Crippen LogP contribution is -2.51. The first-order chi connectivity index (χ1) is 20.8. The summed E-state index contributed by atoms with van der Waals surface area (Å²) < 4.78 is 48.0. The molecular formula is C34H58N4O4S2. The lowest BCUT2D eigenvalue weighted by molar-refractivity contribution is 0.127. The Morgan fingerprint density at radius 1 is 0.909 bits per heavy atom. The summed E-state index contributed by atoms with van der Waals surface area (Å²) in [5.41, 5.74) is 3.17. The van der Waals surface area contributed by atoms with Gasteiger partial charge in [0, 0.05) is 76.9 Å². The molecule has 0 amide bonds. The van der Waals surface area contributed by atoms with E-state index < -0.39 is 19.7 Å². The molecule has 250 valence electrons. The summed E-state index contributed by atoms with van der Waals surface area (Å²) in [5, 5.41) is 3.84. The molecule has 0 bridgehead atoms.